The van der Waals surface area contributed by atoms with Crippen LogP contribution in [0.5, 0.6) is 0 Å². The molecule has 0 aliphatic heterocycles. The normalized spacial score (nSPS) is 22.7. The Balaban J connectivity index is 2.68. The summed E-state index contributed by atoms with van der Waals surface area (Å²) in [7, 11) is 0. The summed E-state index contributed by atoms with van der Waals surface area (Å²) < 4.78 is 37.3. The van der Waals surface area contributed by atoms with Crippen molar-refractivity contribution in [1.82, 2.24) is 10.2 Å². The third kappa shape index (κ3) is 6.45. The van der Waals surface area contributed by atoms with Gasteiger partial charge in [0.2, 0.25) is 0 Å². The van der Waals surface area contributed by atoms with Crippen molar-refractivity contribution in [2.24, 2.45) is 0 Å². The maximum atomic E-state index is 12.4. The number of aliphatic carboxylic acids is 1. The number of nitrogens with one attached hydrogen (secondary N) is 1. The summed E-state index contributed by atoms with van der Waals surface area (Å²) in [6, 6.07) is -1.19. The zero-order valence-electron chi connectivity index (χ0n) is 11.7. The summed E-state index contributed by atoms with van der Waals surface area (Å²) in [4.78, 5) is 22.8. The molecule has 0 spiro atoms. The van der Waals surface area contributed by atoms with Crippen LogP contribution >= 0.6 is 11.8 Å². The molecule has 2 amide bonds. The van der Waals surface area contributed by atoms with Crippen LogP contribution in [0.2, 0.25) is 0 Å². The van der Waals surface area contributed by atoms with Crippen LogP contribution in [0, 0.1) is 0 Å². The molecule has 0 bridgehead atoms. The van der Waals surface area contributed by atoms with Gasteiger partial charge in [-0.1, -0.05) is 12.8 Å². The fourth-order valence-corrected chi connectivity index (χ4v) is 3.31. The van der Waals surface area contributed by atoms with Crippen molar-refractivity contribution in [2.45, 2.75) is 43.2 Å². The quantitative estimate of drug-likeness (QED) is 0.813. The molecular weight excluding hydrogens is 309 g/mol. The number of urea groups is 1. The number of carbonyl (C=O) groups excluding carboxylic acids is 1. The number of rotatable bonds is 5. The van der Waals surface area contributed by atoms with E-state index >= 15 is 0 Å². The molecule has 0 saturated heterocycles. The van der Waals surface area contributed by atoms with Gasteiger partial charge in [-0.25, -0.2) is 4.79 Å². The molecule has 1 rings (SSSR count). The summed E-state index contributed by atoms with van der Waals surface area (Å²) in [5, 5.41) is 11.3. The smallest absolute Gasteiger partial charge is 0.406 e. The van der Waals surface area contributed by atoms with Gasteiger partial charge in [0.25, 0.3) is 0 Å². The van der Waals surface area contributed by atoms with Crippen LogP contribution in [-0.4, -0.2) is 58.8 Å². The average Bonchev–Trinajstić information content (AvgIpc) is 2.36. The molecule has 0 heterocycles. The van der Waals surface area contributed by atoms with Crippen molar-refractivity contribution in [1.29, 1.82) is 0 Å². The van der Waals surface area contributed by atoms with E-state index in [1.54, 1.807) is 11.8 Å². The molecule has 0 aromatic heterocycles. The summed E-state index contributed by atoms with van der Waals surface area (Å²) >= 11 is 1.56. The minimum atomic E-state index is -4.63. The highest BCUT2D eigenvalue weighted by Crippen LogP contribution is 2.27. The number of halogens is 3. The van der Waals surface area contributed by atoms with Gasteiger partial charge in [0.05, 0.1) is 0 Å². The Morgan fingerprint density at radius 1 is 1.33 bits per heavy atom. The zero-order valence-corrected chi connectivity index (χ0v) is 12.5. The van der Waals surface area contributed by atoms with E-state index < -0.39 is 31.3 Å². The lowest BCUT2D eigenvalue weighted by atomic mass is 9.95. The van der Waals surface area contributed by atoms with Gasteiger partial charge in [-0.2, -0.15) is 24.9 Å². The second-order valence-electron chi connectivity index (χ2n) is 4.98. The van der Waals surface area contributed by atoms with Crippen molar-refractivity contribution < 1.29 is 27.9 Å². The minimum Gasteiger partial charge on any atom is -0.480 e. The largest absolute Gasteiger partial charge is 0.480 e. The number of carboxylic acid groups (broad SMARTS) is 1. The minimum absolute atomic E-state index is 0.153. The van der Waals surface area contributed by atoms with Crippen molar-refractivity contribution in [2.75, 3.05) is 19.3 Å². The van der Waals surface area contributed by atoms with E-state index in [1.165, 1.54) is 0 Å². The van der Waals surface area contributed by atoms with E-state index in [0.29, 0.717) is 6.42 Å². The maximum Gasteiger partial charge on any atom is 0.406 e. The van der Waals surface area contributed by atoms with Gasteiger partial charge in [-0.15, -0.1) is 0 Å². The standard InChI is InChI=1S/C12H19F3N2O3S/c1-21-9-5-3-2-4-8(9)16-11(20)17(6-10(18)19)7-12(13,14)15/h8-9H,2-7H2,1H3,(H,16,20)(H,18,19). The van der Waals surface area contributed by atoms with E-state index in [1.807, 2.05) is 6.26 Å². The molecule has 1 saturated carbocycles. The molecule has 2 N–H and O–H groups in total. The highest BCUT2D eigenvalue weighted by Gasteiger charge is 2.35. The Morgan fingerprint density at radius 3 is 2.48 bits per heavy atom. The number of thioether (sulfide) groups is 1. The van der Waals surface area contributed by atoms with Crippen molar-refractivity contribution in [3.05, 3.63) is 0 Å². The molecule has 1 aliphatic carbocycles. The first kappa shape index (κ1) is 17.9. The number of hydrogen-bond acceptors (Lipinski definition) is 3. The Bertz CT molecular complexity index is 379. The topological polar surface area (TPSA) is 69.6 Å². The number of hydrogen-bond donors (Lipinski definition) is 2. The van der Waals surface area contributed by atoms with Crippen molar-refractivity contribution in [3.63, 3.8) is 0 Å². The molecule has 21 heavy (non-hydrogen) atoms. The monoisotopic (exact) mass is 328 g/mol. The van der Waals surface area contributed by atoms with Gasteiger partial charge < -0.3 is 15.3 Å². The average molecular weight is 328 g/mol. The third-order valence-corrected chi connectivity index (χ3v) is 4.47. The Morgan fingerprint density at radius 2 is 1.95 bits per heavy atom. The second kappa shape index (κ2) is 7.77. The number of amides is 2. The predicted molar refractivity (Wildman–Crippen MR) is 73.4 cm³/mol. The second-order valence-corrected chi connectivity index (χ2v) is 6.06. The third-order valence-electron chi connectivity index (χ3n) is 3.30. The Kier molecular flexibility index (Phi) is 6.63. The maximum absolute atomic E-state index is 12.4. The lowest BCUT2D eigenvalue weighted by Gasteiger charge is -2.33. The molecule has 0 radical (unpaired) electrons. The van der Waals surface area contributed by atoms with Crippen LogP contribution in [0.4, 0.5) is 18.0 Å². The van der Waals surface area contributed by atoms with Crippen LogP contribution in [-0.2, 0) is 4.79 Å². The van der Waals surface area contributed by atoms with Crippen LogP contribution in [0.1, 0.15) is 25.7 Å². The fourth-order valence-electron chi connectivity index (χ4n) is 2.37. The summed E-state index contributed by atoms with van der Waals surface area (Å²) in [6.45, 7) is -2.54. The summed E-state index contributed by atoms with van der Waals surface area (Å²) in [6.07, 6.45) is 0.784. The first-order valence-electron chi connectivity index (χ1n) is 6.59. The van der Waals surface area contributed by atoms with Crippen LogP contribution in [0.15, 0.2) is 0 Å². The highest BCUT2D eigenvalue weighted by molar-refractivity contribution is 7.99. The van der Waals surface area contributed by atoms with Gasteiger partial charge in [0.15, 0.2) is 0 Å². The SMILES string of the molecule is CSC1CCCCC1NC(=O)N(CC(=O)O)CC(F)(F)F. The fraction of sp³-hybridized carbons (Fsp3) is 0.833. The van der Waals surface area contributed by atoms with Gasteiger partial charge in [-0.05, 0) is 19.1 Å². The first-order chi connectivity index (χ1) is 9.73. The van der Waals surface area contributed by atoms with Crippen LogP contribution in [0.25, 0.3) is 0 Å². The van der Waals surface area contributed by atoms with E-state index in [4.69, 9.17) is 5.11 Å². The molecule has 5 nitrogen and oxygen atoms in total. The molecule has 1 aliphatic rings. The number of carbonyl (C=O) groups is 2. The molecule has 2 unspecified atom stereocenters. The Hall–Kier alpha value is -1.12. The van der Waals surface area contributed by atoms with Gasteiger partial charge in [0.1, 0.15) is 13.1 Å². The van der Waals surface area contributed by atoms with Gasteiger partial charge in [-0.3, -0.25) is 4.79 Å². The van der Waals surface area contributed by atoms with Gasteiger partial charge in [0, 0.05) is 11.3 Å². The lowest BCUT2D eigenvalue weighted by Crippen LogP contribution is -2.52. The predicted octanol–water partition coefficient (Wildman–Crippen LogP) is 2.32. The molecular formula is C12H19F3N2O3S. The summed E-state index contributed by atoms with van der Waals surface area (Å²) in [5.41, 5.74) is 0. The number of nitrogens with zero attached hydrogens (tertiary/aromatic N) is 1. The van der Waals surface area contributed by atoms with Crippen LogP contribution in [0.3, 0.4) is 0 Å². The molecule has 9 heteroatoms. The van der Waals surface area contributed by atoms with Crippen molar-refractivity contribution in [3.8, 4) is 0 Å². The van der Waals surface area contributed by atoms with E-state index in [2.05, 4.69) is 5.32 Å². The molecule has 0 aromatic carbocycles. The van der Waals surface area contributed by atoms with E-state index in [0.717, 1.165) is 19.3 Å². The summed E-state index contributed by atoms with van der Waals surface area (Å²) in [5.74, 6) is -1.47. The Labute approximate surface area is 125 Å². The number of carboxylic acids is 1. The van der Waals surface area contributed by atoms with Crippen molar-refractivity contribution >= 4 is 23.8 Å². The van der Waals surface area contributed by atoms with E-state index in [9.17, 15) is 22.8 Å². The molecule has 122 valence electrons. The lowest BCUT2D eigenvalue weighted by molar-refractivity contribution is -0.149. The zero-order chi connectivity index (χ0) is 16.0. The highest BCUT2D eigenvalue weighted by atomic mass is 32.2. The van der Waals surface area contributed by atoms with Gasteiger partial charge >= 0.3 is 18.2 Å². The van der Waals surface area contributed by atoms with E-state index in [-0.39, 0.29) is 16.2 Å². The first-order valence-corrected chi connectivity index (χ1v) is 7.88. The number of alkyl halides is 3. The molecule has 0 aromatic rings. The molecule has 2 atom stereocenters. The van der Waals surface area contributed by atoms with Crippen LogP contribution < -0.4 is 5.32 Å². The molecule has 1 fully saturated rings.